The number of carbonyl (C=O) groups is 1. The fourth-order valence-corrected chi connectivity index (χ4v) is 5.42. The summed E-state index contributed by atoms with van der Waals surface area (Å²) in [6, 6.07) is 3.83. The number of hydrogen-bond donors (Lipinski definition) is 0. The summed E-state index contributed by atoms with van der Waals surface area (Å²) in [7, 11) is -3.78. The first-order valence-corrected chi connectivity index (χ1v) is 11.1. The predicted octanol–water partition coefficient (Wildman–Crippen LogP) is 3.93. The molecule has 2 aliphatic rings. The molecule has 1 aromatic carbocycles. The Labute approximate surface area is 167 Å². The van der Waals surface area contributed by atoms with Crippen molar-refractivity contribution < 1.29 is 26.4 Å². The summed E-state index contributed by atoms with van der Waals surface area (Å²) < 4.78 is 66.2. The summed E-state index contributed by atoms with van der Waals surface area (Å²) in [6.07, 6.45) is -1.66. The molecular weight excluding hydrogens is 417 g/mol. The van der Waals surface area contributed by atoms with Crippen molar-refractivity contribution in [2.75, 3.05) is 26.2 Å². The van der Waals surface area contributed by atoms with Crippen LogP contribution in [0.2, 0.25) is 5.02 Å². The molecule has 0 unspecified atom stereocenters. The van der Waals surface area contributed by atoms with Crippen molar-refractivity contribution in [2.45, 2.75) is 43.2 Å². The smallest absolute Gasteiger partial charge is 0.338 e. The van der Waals surface area contributed by atoms with E-state index in [1.54, 1.807) is 0 Å². The zero-order chi connectivity index (χ0) is 20.5. The average Bonchev–Trinajstić information content (AvgIpc) is 2.68. The Kier molecular flexibility index (Phi) is 6.26. The van der Waals surface area contributed by atoms with Gasteiger partial charge in [0, 0.05) is 26.2 Å². The van der Waals surface area contributed by atoms with Gasteiger partial charge in [-0.3, -0.25) is 4.79 Å². The second-order valence-corrected chi connectivity index (χ2v) is 9.58. The highest BCUT2D eigenvalue weighted by Gasteiger charge is 2.43. The number of piperidine rings is 2. The van der Waals surface area contributed by atoms with Crippen LogP contribution in [0.3, 0.4) is 0 Å². The molecule has 2 saturated heterocycles. The highest BCUT2D eigenvalue weighted by atomic mass is 35.5. The maximum atomic E-state index is 13.0. The summed E-state index contributed by atoms with van der Waals surface area (Å²) >= 11 is 6.09. The monoisotopic (exact) mass is 438 g/mol. The van der Waals surface area contributed by atoms with E-state index in [4.69, 9.17) is 11.6 Å². The normalized spacial score (nSPS) is 22.3. The molecule has 3 rings (SSSR count). The van der Waals surface area contributed by atoms with Crippen LogP contribution in [-0.2, 0) is 10.0 Å². The lowest BCUT2D eigenvalue weighted by Crippen LogP contribution is -2.44. The average molecular weight is 439 g/mol. The van der Waals surface area contributed by atoms with E-state index in [0.717, 1.165) is 24.2 Å². The third kappa shape index (κ3) is 4.46. The largest absolute Gasteiger partial charge is 0.393 e. The molecule has 5 nitrogen and oxygen atoms in total. The quantitative estimate of drug-likeness (QED) is 0.718. The van der Waals surface area contributed by atoms with Crippen LogP contribution in [0.25, 0.3) is 0 Å². The van der Waals surface area contributed by atoms with E-state index in [1.807, 2.05) is 0 Å². The zero-order valence-corrected chi connectivity index (χ0v) is 16.8. The molecule has 1 aromatic rings. The van der Waals surface area contributed by atoms with Gasteiger partial charge in [-0.25, -0.2) is 8.42 Å². The second kappa shape index (κ2) is 8.20. The molecule has 1 atom stereocenters. The second-order valence-electron chi connectivity index (χ2n) is 7.24. The summed E-state index contributed by atoms with van der Waals surface area (Å²) in [4.78, 5) is 13.9. The van der Waals surface area contributed by atoms with Crippen LogP contribution >= 0.6 is 11.6 Å². The van der Waals surface area contributed by atoms with Crippen molar-refractivity contribution in [2.24, 2.45) is 5.92 Å². The molecule has 28 heavy (non-hydrogen) atoms. The predicted molar refractivity (Wildman–Crippen MR) is 98.7 cm³/mol. The summed E-state index contributed by atoms with van der Waals surface area (Å²) in [5.74, 6) is -2.25. The van der Waals surface area contributed by atoms with Gasteiger partial charge in [0.2, 0.25) is 10.0 Å². The number of amides is 1. The van der Waals surface area contributed by atoms with Crippen molar-refractivity contribution >= 4 is 27.5 Å². The van der Waals surface area contributed by atoms with Crippen molar-refractivity contribution in [3.63, 3.8) is 0 Å². The molecule has 0 radical (unpaired) electrons. The number of sulfonamides is 1. The Morgan fingerprint density at radius 1 is 1.07 bits per heavy atom. The van der Waals surface area contributed by atoms with Gasteiger partial charge in [0.1, 0.15) is 0 Å². The fraction of sp³-hybridized carbons (Fsp3) is 0.611. The number of rotatable bonds is 3. The van der Waals surface area contributed by atoms with Gasteiger partial charge in [-0.05, 0) is 43.9 Å². The molecule has 0 N–H and O–H groups in total. The van der Waals surface area contributed by atoms with Gasteiger partial charge in [0.15, 0.2) is 0 Å². The van der Waals surface area contributed by atoms with E-state index >= 15 is 0 Å². The molecule has 0 aromatic heterocycles. The highest BCUT2D eigenvalue weighted by Crippen LogP contribution is 2.34. The SMILES string of the molecule is O=C(c1cc(S(=O)(=O)N2CCCCC2)ccc1Cl)N1CCC[C@H](C(F)(F)F)C1. The van der Waals surface area contributed by atoms with Crippen LogP contribution < -0.4 is 0 Å². The van der Waals surface area contributed by atoms with Crippen LogP contribution in [0, 0.1) is 5.92 Å². The van der Waals surface area contributed by atoms with E-state index in [9.17, 15) is 26.4 Å². The first kappa shape index (κ1) is 21.4. The zero-order valence-electron chi connectivity index (χ0n) is 15.2. The van der Waals surface area contributed by atoms with Crippen LogP contribution in [0.4, 0.5) is 13.2 Å². The first-order valence-electron chi connectivity index (χ1n) is 9.26. The molecule has 2 fully saturated rings. The maximum Gasteiger partial charge on any atom is 0.393 e. The third-order valence-corrected chi connectivity index (χ3v) is 7.52. The number of benzene rings is 1. The molecule has 2 aliphatic heterocycles. The van der Waals surface area contributed by atoms with Gasteiger partial charge in [-0.15, -0.1) is 0 Å². The Bertz CT molecular complexity index is 839. The number of nitrogens with zero attached hydrogens (tertiary/aromatic N) is 2. The van der Waals surface area contributed by atoms with Gasteiger partial charge in [0.05, 0.1) is 21.4 Å². The number of alkyl halides is 3. The standard InChI is InChI=1S/C18H22ClF3N2O3S/c19-16-7-6-14(28(26,27)24-9-2-1-3-10-24)11-15(16)17(25)23-8-4-5-13(12-23)18(20,21)22/h6-7,11,13H,1-5,8-10,12H2/t13-/m0/s1. The van der Waals surface area contributed by atoms with E-state index in [0.29, 0.717) is 13.1 Å². The molecule has 0 spiro atoms. The molecule has 0 bridgehead atoms. The molecule has 156 valence electrons. The van der Waals surface area contributed by atoms with E-state index in [1.165, 1.54) is 22.5 Å². The lowest BCUT2D eigenvalue weighted by atomic mass is 9.97. The maximum absolute atomic E-state index is 13.0. The van der Waals surface area contributed by atoms with Crippen molar-refractivity contribution in [3.8, 4) is 0 Å². The van der Waals surface area contributed by atoms with Crippen molar-refractivity contribution in [3.05, 3.63) is 28.8 Å². The van der Waals surface area contributed by atoms with Gasteiger partial charge >= 0.3 is 6.18 Å². The van der Waals surface area contributed by atoms with Crippen molar-refractivity contribution in [1.82, 2.24) is 9.21 Å². The van der Waals surface area contributed by atoms with Crippen LogP contribution in [0.5, 0.6) is 0 Å². The van der Waals surface area contributed by atoms with E-state index < -0.39 is 34.6 Å². The van der Waals surface area contributed by atoms with E-state index in [2.05, 4.69) is 0 Å². The Hall–Kier alpha value is -1.32. The summed E-state index contributed by atoms with van der Waals surface area (Å²) in [6.45, 7) is 0.563. The lowest BCUT2D eigenvalue weighted by molar-refractivity contribution is -0.184. The van der Waals surface area contributed by atoms with Crippen molar-refractivity contribution in [1.29, 1.82) is 0 Å². The molecule has 0 saturated carbocycles. The van der Waals surface area contributed by atoms with Crippen LogP contribution in [0.1, 0.15) is 42.5 Å². The molecule has 2 heterocycles. The topological polar surface area (TPSA) is 57.7 Å². The number of carbonyl (C=O) groups excluding carboxylic acids is 1. The minimum absolute atomic E-state index is 0.0234. The third-order valence-electron chi connectivity index (χ3n) is 5.29. The number of hydrogen-bond acceptors (Lipinski definition) is 3. The molecule has 10 heteroatoms. The molecule has 0 aliphatic carbocycles. The van der Waals surface area contributed by atoms with Gasteiger partial charge in [-0.2, -0.15) is 17.5 Å². The Balaban J connectivity index is 1.86. The van der Waals surface area contributed by atoms with Gasteiger partial charge in [0.25, 0.3) is 5.91 Å². The summed E-state index contributed by atoms with van der Waals surface area (Å²) in [5.41, 5.74) is -0.0809. The highest BCUT2D eigenvalue weighted by molar-refractivity contribution is 7.89. The number of halogens is 4. The number of likely N-dealkylation sites (tertiary alicyclic amines) is 1. The van der Waals surface area contributed by atoms with Gasteiger partial charge in [-0.1, -0.05) is 18.0 Å². The van der Waals surface area contributed by atoms with Gasteiger partial charge < -0.3 is 4.90 Å². The molecular formula is C18H22ClF3N2O3S. The minimum atomic E-state index is -4.37. The van der Waals surface area contributed by atoms with E-state index in [-0.39, 0.29) is 34.9 Å². The van der Waals surface area contributed by atoms with Crippen LogP contribution in [-0.4, -0.2) is 55.9 Å². The van der Waals surface area contributed by atoms with Crippen LogP contribution in [0.15, 0.2) is 23.1 Å². The Morgan fingerprint density at radius 2 is 1.75 bits per heavy atom. The lowest BCUT2D eigenvalue weighted by Gasteiger charge is -2.34. The first-order chi connectivity index (χ1) is 13.1. The minimum Gasteiger partial charge on any atom is -0.338 e. The fourth-order valence-electron chi connectivity index (χ4n) is 3.68. The Morgan fingerprint density at radius 3 is 2.39 bits per heavy atom. The summed E-state index contributed by atoms with van der Waals surface area (Å²) in [5, 5.41) is 0.0247. The molecule has 1 amide bonds.